The van der Waals surface area contributed by atoms with Crippen molar-refractivity contribution >= 4 is 0 Å². The Kier molecular flexibility index (Phi) is 7.06. The molecular formula is C18H18NO2Y-. The molecule has 0 saturated carbocycles. The molecule has 0 saturated heterocycles. The molecule has 0 fully saturated rings. The van der Waals surface area contributed by atoms with Crippen molar-refractivity contribution in [3.8, 4) is 28.8 Å². The van der Waals surface area contributed by atoms with Crippen molar-refractivity contribution in [1.29, 1.82) is 0 Å². The Balaban J connectivity index is 0.00000242. The fourth-order valence-corrected chi connectivity index (χ4v) is 2.14. The van der Waals surface area contributed by atoms with E-state index in [1.165, 1.54) is 0 Å². The molecule has 0 spiro atoms. The molecule has 4 heteroatoms. The molecule has 1 heterocycles. The molecule has 0 N–H and O–H groups in total. The van der Waals surface area contributed by atoms with Gasteiger partial charge in [-0.2, -0.15) is 12.1 Å². The van der Waals surface area contributed by atoms with Crippen molar-refractivity contribution in [2.24, 2.45) is 7.05 Å². The molecule has 0 bridgehead atoms. The second kappa shape index (κ2) is 8.31. The molecule has 3 nitrogen and oxygen atoms in total. The first-order chi connectivity index (χ1) is 10.0. The molecular weight excluding hydrogens is 351 g/mol. The van der Waals surface area contributed by atoms with Gasteiger partial charge in [-0.05, 0) is 19.1 Å². The Bertz CT molecular complexity index is 782. The minimum Gasteiger partial charge on any atom is -0.481 e. The van der Waals surface area contributed by atoms with Gasteiger partial charge in [-0.15, -0.1) is 12.0 Å². The van der Waals surface area contributed by atoms with E-state index in [0.29, 0.717) is 12.2 Å². The van der Waals surface area contributed by atoms with E-state index >= 15 is 0 Å². The number of aromatic nitrogens is 1. The predicted molar refractivity (Wildman–Crippen MR) is 84.4 cm³/mol. The van der Waals surface area contributed by atoms with Gasteiger partial charge in [-0.25, -0.2) is 0 Å². The first-order valence-electron chi connectivity index (χ1n) is 6.76. The quantitative estimate of drug-likeness (QED) is 0.616. The van der Waals surface area contributed by atoms with Crippen molar-refractivity contribution in [3.05, 3.63) is 51.8 Å². The summed E-state index contributed by atoms with van der Waals surface area (Å²) in [6, 6.07) is 10.7. The number of hydrogen-bond donors (Lipinski definition) is 0. The number of hydrogen-bond acceptors (Lipinski definition) is 2. The molecule has 1 radical (unpaired) electrons. The molecule has 0 amide bonds. The topological polar surface area (TPSA) is 31.2 Å². The van der Waals surface area contributed by atoms with Gasteiger partial charge in [0.15, 0.2) is 5.56 Å². The second-order valence-corrected chi connectivity index (χ2v) is 4.88. The number of ether oxygens (including phenoxy) is 1. The average molecular weight is 369 g/mol. The number of benzene rings is 1. The van der Waals surface area contributed by atoms with E-state index in [-0.39, 0.29) is 38.3 Å². The molecule has 1 aromatic heterocycles. The summed E-state index contributed by atoms with van der Waals surface area (Å²) in [5.41, 5.74) is 3.48. The van der Waals surface area contributed by atoms with Gasteiger partial charge in [-0.3, -0.25) is 4.79 Å². The molecule has 0 aliphatic carbocycles. The van der Waals surface area contributed by atoms with Crippen LogP contribution in [0.2, 0.25) is 0 Å². The first-order valence-corrected chi connectivity index (χ1v) is 6.76. The Morgan fingerprint density at radius 1 is 1.27 bits per heavy atom. The number of pyridine rings is 1. The largest absolute Gasteiger partial charge is 0.481 e. The van der Waals surface area contributed by atoms with E-state index in [9.17, 15) is 4.79 Å². The van der Waals surface area contributed by atoms with Gasteiger partial charge in [-0.1, -0.05) is 42.2 Å². The summed E-state index contributed by atoms with van der Waals surface area (Å²) in [6.07, 6.45) is 0. The van der Waals surface area contributed by atoms with Gasteiger partial charge in [0.2, 0.25) is 0 Å². The molecule has 22 heavy (non-hydrogen) atoms. The zero-order valence-corrected chi connectivity index (χ0v) is 16.2. The van der Waals surface area contributed by atoms with Crippen LogP contribution < -0.4 is 10.3 Å². The summed E-state index contributed by atoms with van der Waals surface area (Å²) in [4.78, 5) is 12.0. The number of rotatable bonds is 3. The summed E-state index contributed by atoms with van der Waals surface area (Å²) >= 11 is 0. The third-order valence-electron chi connectivity index (χ3n) is 3.34. The Labute approximate surface area is 156 Å². The number of nitrogens with zero attached hydrogens (tertiary/aromatic N) is 1. The summed E-state index contributed by atoms with van der Waals surface area (Å²) in [7, 11) is 1.77. The molecule has 0 aliphatic rings. The van der Waals surface area contributed by atoms with Crippen LogP contribution in [0.25, 0.3) is 11.3 Å². The van der Waals surface area contributed by atoms with Crippen molar-refractivity contribution in [2.45, 2.75) is 20.8 Å². The van der Waals surface area contributed by atoms with Crippen LogP contribution in [0.15, 0.2) is 29.1 Å². The van der Waals surface area contributed by atoms with E-state index in [1.807, 2.05) is 25.1 Å². The zero-order chi connectivity index (χ0) is 15.4. The van der Waals surface area contributed by atoms with Crippen LogP contribution in [0.5, 0.6) is 5.75 Å². The fourth-order valence-electron chi connectivity index (χ4n) is 2.14. The fraction of sp³-hybridized carbons (Fsp3) is 0.278. The summed E-state index contributed by atoms with van der Waals surface area (Å²) in [5.74, 6) is 6.43. The molecule has 0 unspecified atom stereocenters. The molecule has 2 aromatic rings. The van der Waals surface area contributed by atoms with Crippen LogP contribution in [0.3, 0.4) is 0 Å². The van der Waals surface area contributed by atoms with Gasteiger partial charge < -0.3 is 9.30 Å². The standard InChI is InChI=1S/C18H18NO2.Y/c1-5-6-11-21-15-8-9-16(14(3)12-15)17-10-7-13(2)18(20)19(17)4;/h7-9,12H,11H2,1-4H3;/q-1;. The van der Waals surface area contributed by atoms with E-state index in [4.69, 9.17) is 4.74 Å². The first kappa shape index (κ1) is 18.7. The monoisotopic (exact) mass is 369 g/mol. The van der Waals surface area contributed by atoms with Crippen LogP contribution in [0.4, 0.5) is 0 Å². The SMILES string of the molecule is CC#CCOc1ccc(-c2[c-]cc(C)c(=O)n2C)c(C)c1.[Y]. The third-order valence-corrected chi connectivity index (χ3v) is 3.34. The van der Waals surface area contributed by atoms with Crippen LogP contribution in [0, 0.1) is 31.8 Å². The van der Waals surface area contributed by atoms with Crippen LogP contribution >= 0.6 is 0 Å². The molecule has 1 aromatic carbocycles. The van der Waals surface area contributed by atoms with E-state index < -0.39 is 0 Å². The predicted octanol–water partition coefficient (Wildman–Crippen LogP) is 2.87. The summed E-state index contributed by atoms with van der Waals surface area (Å²) in [6.45, 7) is 5.95. The molecule has 0 aliphatic heterocycles. The second-order valence-electron chi connectivity index (χ2n) is 4.88. The van der Waals surface area contributed by atoms with Crippen LogP contribution in [-0.4, -0.2) is 11.2 Å². The van der Waals surface area contributed by atoms with E-state index in [1.54, 1.807) is 31.5 Å². The van der Waals surface area contributed by atoms with Gasteiger partial charge in [0, 0.05) is 39.8 Å². The third kappa shape index (κ3) is 4.09. The average Bonchev–Trinajstić information content (AvgIpc) is 2.46. The zero-order valence-electron chi connectivity index (χ0n) is 13.4. The van der Waals surface area contributed by atoms with Crippen molar-refractivity contribution in [3.63, 3.8) is 0 Å². The van der Waals surface area contributed by atoms with Gasteiger partial charge in [0.1, 0.15) is 12.4 Å². The van der Waals surface area contributed by atoms with E-state index in [0.717, 1.165) is 22.6 Å². The van der Waals surface area contributed by atoms with Crippen LogP contribution in [-0.2, 0) is 39.8 Å². The Morgan fingerprint density at radius 2 is 2.00 bits per heavy atom. The minimum atomic E-state index is 0. The van der Waals surface area contributed by atoms with Crippen molar-refractivity contribution < 1.29 is 37.4 Å². The Hall–Kier alpha value is -1.37. The molecule has 2 rings (SSSR count). The van der Waals surface area contributed by atoms with Crippen molar-refractivity contribution in [1.82, 2.24) is 4.57 Å². The van der Waals surface area contributed by atoms with E-state index in [2.05, 4.69) is 17.9 Å². The maximum Gasteiger partial charge on any atom is 0.197 e. The normalized spacial score (nSPS) is 9.45. The summed E-state index contributed by atoms with van der Waals surface area (Å²) < 4.78 is 7.16. The molecule has 0 atom stereocenters. The maximum atomic E-state index is 12.0. The number of aryl methyl sites for hydroxylation is 2. The van der Waals surface area contributed by atoms with Gasteiger partial charge >= 0.3 is 0 Å². The summed E-state index contributed by atoms with van der Waals surface area (Å²) in [5, 5.41) is 0. The Morgan fingerprint density at radius 3 is 2.64 bits per heavy atom. The minimum absolute atomic E-state index is 0. The van der Waals surface area contributed by atoms with Gasteiger partial charge in [0.05, 0.1) is 0 Å². The molecule has 111 valence electrons. The van der Waals surface area contributed by atoms with Gasteiger partial charge in [0.25, 0.3) is 0 Å². The smallest absolute Gasteiger partial charge is 0.197 e. The maximum absolute atomic E-state index is 12.0. The van der Waals surface area contributed by atoms with Crippen LogP contribution in [0.1, 0.15) is 18.1 Å². The van der Waals surface area contributed by atoms with Crippen molar-refractivity contribution in [2.75, 3.05) is 6.61 Å².